The lowest BCUT2D eigenvalue weighted by Crippen LogP contribution is -2.28. The number of aromatic nitrogens is 4. The number of anilines is 2. The summed E-state index contributed by atoms with van der Waals surface area (Å²) >= 11 is 0. The zero-order valence-corrected chi connectivity index (χ0v) is 29.7. The standard InChI is InChI=1S/C49H33N5O/c1-3-14-31(15-4-1)47-50-48(32-24-27-42-39(29-32)44-34-18-8-7-13-30(34)23-28-43(44)55-42)52-49(51-47)54-41-22-12-10-20-36(41)38-26-25-37-35-19-9-11-21-40(35)53(45(37)46(38)54)33-16-5-2-6-17-33/h1-29,35,39-40,42H. The molecule has 0 fully saturated rings. The normalized spacial score (nSPS) is 20.4. The number of benzene rings is 6. The summed E-state index contributed by atoms with van der Waals surface area (Å²) in [7, 11) is 0. The highest BCUT2D eigenvalue weighted by Crippen LogP contribution is 2.53. The minimum Gasteiger partial charge on any atom is -0.485 e. The lowest BCUT2D eigenvalue weighted by Gasteiger charge is -2.29. The van der Waals surface area contributed by atoms with Gasteiger partial charge in [-0.25, -0.2) is 4.98 Å². The van der Waals surface area contributed by atoms with Crippen molar-refractivity contribution in [1.82, 2.24) is 19.5 Å². The Bertz CT molecular complexity index is 3000. The maximum Gasteiger partial charge on any atom is 0.238 e. The Morgan fingerprint density at radius 1 is 0.582 bits per heavy atom. The van der Waals surface area contributed by atoms with Crippen LogP contribution in [0.25, 0.3) is 55.5 Å². The fraction of sp³-hybridized carbons (Fsp3) is 0.0816. The monoisotopic (exact) mass is 707 g/mol. The van der Waals surface area contributed by atoms with Crippen molar-refractivity contribution in [3.63, 3.8) is 0 Å². The molecule has 12 rings (SSSR count). The van der Waals surface area contributed by atoms with Gasteiger partial charge in [-0.15, -0.1) is 0 Å². The summed E-state index contributed by atoms with van der Waals surface area (Å²) < 4.78 is 8.78. The van der Waals surface area contributed by atoms with Crippen molar-refractivity contribution < 1.29 is 4.74 Å². The highest BCUT2D eigenvalue weighted by molar-refractivity contribution is 6.15. The third kappa shape index (κ3) is 4.52. The molecule has 0 amide bonds. The maximum absolute atomic E-state index is 6.50. The Kier molecular flexibility index (Phi) is 6.48. The van der Waals surface area contributed by atoms with Crippen molar-refractivity contribution in [2.24, 2.45) is 0 Å². The van der Waals surface area contributed by atoms with Crippen molar-refractivity contribution in [1.29, 1.82) is 0 Å². The van der Waals surface area contributed by atoms with Crippen LogP contribution in [0.2, 0.25) is 0 Å². The fourth-order valence-corrected chi connectivity index (χ4v) is 9.30. The van der Waals surface area contributed by atoms with Crippen LogP contribution in [-0.2, 0) is 0 Å². The van der Waals surface area contributed by atoms with E-state index in [1.54, 1.807) is 0 Å². The Balaban J connectivity index is 1.12. The van der Waals surface area contributed by atoms with Crippen LogP contribution in [0.4, 0.5) is 11.4 Å². The molecule has 0 spiro atoms. The Morgan fingerprint density at radius 3 is 2.24 bits per heavy atom. The van der Waals surface area contributed by atoms with Crippen LogP contribution < -0.4 is 9.64 Å². The van der Waals surface area contributed by atoms with Gasteiger partial charge in [0.25, 0.3) is 0 Å². The molecule has 4 heterocycles. The second-order valence-electron chi connectivity index (χ2n) is 14.7. The molecule has 8 aromatic rings. The highest BCUT2D eigenvalue weighted by atomic mass is 16.5. The molecule has 260 valence electrons. The number of nitrogens with zero attached hydrogens (tertiary/aromatic N) is 5. The molecule has 4 aliphatic rings. The van der Waals surface area contributed by atoms with Gasteiger partial charge in [-0.05, 0) is 46.7 Å². The topological polar surface area (TPSA) is 56.1 Å². The molecule has 4 atom stereocenters. The first-order valence-corrected chi connectivity index (χ1v) is 18.9. The van der Waals surface area contributed by atoms with Crippen LogP contribution >= 0.6 is 0 Å². The first kappa shape index (κ1) is 30.4. The first-order valence-electron chi connectivity index (χ1n) is 18.9. The summed E-state index contributed by atoms with van der Waals surface area (Å²) in [4.78, 5) is 18.4. The zero-order valence-electron chi connectivity index (χ0n) is 29.7. The van der Waals surface area contributed by atoms with Gasteiger partial charge in [0.2, 0.25) is 5.95 Å². The number of allylic oxidation sites excluding steroid dienone is 4. The van der Waals surface area contributed by atoms with Gasteiger partial charge in [0.05, 0.1) is 22.8 Å². The number of hydrogen-bond donors (Lipinski definition) is 0. The van der Waals surface area contributed by atoms with Gasteiger partial charge in [0.1, 0.15) is 11.9 Å². The number of para-hydroxylation sites is 2. The predicted octanol–water partition coefficient (Wildman–Crippen LogP) is 11.0. The molecule has 55 heavy (non-hydrogen) atoms. The van der Waals surface area contributed by atoms with Gasteiger partial charge in [-0.2, -0.15) is 9.97 Å². The van der Waals surface area contributed by atoms with E-state index in [0.717, 1.165) is 44.4 Å². The van der Waals surface area contributed by atoms with E-state index < -0.39 is 0 Å². The smallest absolute Gasteiger partial charge is 0.238 e. The molecule has 2 aliphatic carbocycles. The molecule has 0 saturated carbocycles. The highest BCUT2D eigenvalue weighted by Gasteiger charge is 2.40. The average Bonchev–Trinajstić information content (AvgIpc) is 3.92. The second-order valence-corrected chi connectivity index (χ2v) is 14.7. The molecule has 0 radical (unpaired) electrons. The van der Waals surface area contributed by atoms with E-state index >= 15 is 0 Å². The van der Waals surface area contributed by atoms with Crippen LogP contribution in [0, 0.1) is 0 Å². The molecular weight excluding hydrogens is 675 g/mol. The molecule has 2 aromatic heterocycles. The minimum atomic E-state index is -0.0880. The SMILES string of the molecule is C1=CC2c3ccc4c5ccccc5n(-c5nc(C6=CC7c8c(ccc9ccccc89)OC7C=C6)nc(-c6ccccc6)n5)c4c3N(c3ccccc3)C2C=C1. The predicted molar refractivity (Wildman–Crippen MR) is 221 cm³/mol. The Hall–Kier alpha value is -7.05. The lowest BCUT2D eigenvalue weighted by molar-refractivity contribution is 0.269. The summed E-state index contributed by atoms with van der Waals surface area (Å²) in [5.41, 5.74) is 8.86. The van der Waals surface area contributed by atoms with Crippen molar-refractivity contribution in [3.05, 3.63) is 193 Å². The lowest BCUT2D eigenvalue weighted by atomic mass is 9.86. The van der Waals surface area contributed by atoms with Gasteiger partial charge in [-0.1, -0.05) is 146 Å². The summed E-state index contributed by atoms with van der Waals surface area (Å²) in [6, 6.07) is 47.2. The quantitative estimate of drug-likeness (QED) is 0.182. The van der Waals surface area contributed by atoms with Gasteiger partial charge in [-0.3, -0.25) is 4.57 Å². The van der Waals surface area contributed by atoms with E-state index in [4.69, 9.17) is 19.7 Å². The van der Waals surface area contributed by atoms with Gasteiger partial charge < -0.3 is 9.64 Å². The Labute approximate surface area is 317 Å². The van der Waals surface area contributed by atoms with E-state index in [1.807, 2.05) is 18.2 Å². The van der Waals surface area contributed by atoms with Crippen molar-refractivity contribution in [2.75, 3.05) is 4.90 Å². The second kappa shape index (κ2) is 11.7. The number of ether oxygens (including phenoxy) is 1. The van der Waals surface area contributed by atoms with E-state index in [-0.39, 0.29) is 24.0 Å². The molecular formula is C49H33N5O. The number of rotatable bonds is 4. The summed E-state index contributed by atoms with van der Waals surface area (Å²) in [6.07, 6.45) is 15.5. The molecule has 6 aromatic carbocycles. The Morgan fingerprint density at radius 2 is 1.35 bits per heavy atom. The summed E-state index contributed by atoms with van der Waals surface area (Å²) in [5, 5.41) is 4.74. The molecule has 6 heteroatoms. The largest absolute Gasteiger partial charge is 0.485 e. The van der Waals surface area contributed by atoms with E-state index in [2.05, 4.69) is 167 Å². The first-order chi connectivity index (χ1) is 27.3. The molecule has 6 nitrogen and oxygen atoms in total. The van der Waals surface area contributed by atoms with E-state index in [0.29, 0.717) is 17.6 Å². The molecule has 2 aliphatic heterocycles. The molecule has 0 bridgehead atoms. The average molecular weight is 708 g/mol. The minimum absolute atomic E-state index is 0.0295. The zero-order chi connectivity index (χ0) is 36.0. The third-order valence-corrected chi connectivity index (χ3v) is 11.7. The van der Waals surface area contributed by atoms with Crippen molar-refractivity contribution in [3.8, 4) is 23.1 Å². The maximum atomic E-state index is 6.50. The third-order valence-electron chi connectivity index (χ3n) is 11.7. The summed E-state index contributed by atoms with van der Waals surface area (Å²) in [6.45, 7) is 0. The molecule has 4 unspecified atom stereocenters. The van der Waals surface area contributed by atoms with Crippen LogP contribution in [0.5, 0.6) is 5.75 Å². The number of fused-ring (bicyclic) bond motifs is 12. The van der Waals surface area contributed by atoms with Crippen molar-refractivity contribution >= 4 is 49.5 Å². The van der Waals surface area contributed by atoms with Gasteiger partial charge in [0.15, 0.2) is 11.6 Å². The number of hydrogen-bond acceptors (Lipinski definition) is 5. The van der Waals surface area contributed by atoms with Crippen LogP contribution in [0.3, 0.4) is 0 Å². The molecule has 0 N–H and O–H groups in total. The van der Waals surface area contributed by atoms with Crippen LogP contribution in [0.1, 0.15) is 28.8 Å². The van der Waals surface area contributed by atoms with Crippen LogP contribution in [0.15, 0.2) is 176 Å². The fourth-order valence-electron chi connectivity index (χ4n) is 9.30. The molecule has 0 saturated heterocycles. The van der Waals surface area contributed by atoms with Crippen LogP contribution in [-0.4, -0.2) is 31.7 Å². The van der Waals surface area contributed by atoms with Crippen molar-refractivity contribution in [2.45, 2.75) is 24.0 Å². The van der Waals surface area contributed by atoms with Gasteiger partial charge >= 0.3 is 0 Å². The van der Waals surface area contributed by atoms with E-state index in [1.165, 1.54) is 27.6 Å². The summed E-state index contributed by atoms with van der Waals surface area (Å²) in [5.74, 6) is 3.02. The van der Waals surface area contributed by atoms with Gasteiger partial charge in [0, 0.05) is 45.0 Å². The van der Waals surface area contributed by atoms with E-state index in [9.17, 15) is 0 Å².